The lowest BCUT2D eigenvalue weighted by molar-refractivity contribution is -0.00450. The van der Waals surface area contributed by atoms with Crippen LogP contribution >= 0.6 is 0 Å². The molecule has 0 bridgehead atoms. The van der Waals surface area contributed by atoms with Crippen molar-refractivity contribution in [2.45, 2.75) is 26.1 Å². The van der Waals surface area contributed by atoms with Crippen molar-refractivity contribution in [2.24, 2.45) is 5.73 Å². The van der Waals surface area contributed by atoms with Crippen LogP contribution < -0.4 is 5.73 Å². The van der Waals surface area contributed by atoms with E-state index < -0.39 is 0 Å². The molecule has 17 heavy (non-hydrogen) atoms. The van der Waals surface area contributed by atoms with E-state index >= 15 is 0 Å². The van der Waals surface area contributed by atoms with E-state index in [4.69, 9.17) is 10.5 Å². The van der Waals surface area contributed by atoms with Crippen LogP contribution in [0.25, 0.3) is 0 Å². The Hall–Kier alpha value is -0.970. The highest BCUT2D eigenvalue weighted by Crippen LogP contribution is 2.16. The van der Waals surface area contributed by atoms with Crippen LogP contribution in [-0.4, -0.2) is 30.7 Å². The van der Waals surface area contributed by atoms with Crippen molar-refractivity contribution in [3.05, 3.63) is 35.1 Å². The highest BCUT2D eigenvalue weighted by atomic mass is 19.1. The van der Waals surface area contributed by atoms with Gasteiger partial charge in [0, 0.05) is 25.7 Å². The monoisotopic (exact) mass is 238 g/mol. The predicted octanol–water partition coefficient (Wildman–Crippen LogP) is 1.51. The molecule has 1 aliphatic rings. The molecular formula is C13H19FN2O. The third-order valence-electron chi connectivity index (χ3n) is 3.27. The Balaban J connectivity index is 2.13. The van der Waals surface area contributed by atoms with Gasteiger partial charge in [-0.25, -0.2) is 4.39 Å². The molecule has 1 unspecified atom stereocenters. The number of morpholine rings is 1. The molecule has 1 aromatic rings. The lowest BCUT2D eigenvalue weighted by Crippen LogP contribution is -2.43. The molecule has 1 heterocycles. The number of nitrogens with two attached hydrogens (primary N) is 1. The van der Waals surface area contributed by atoms with Crippen molar-refractivity contribution >= 4 is 0 Å². The maximum atomic E-state index is 13.3. The standard InChI is InChI=1S/C13H19FN2O/c1-10-9-17-5-4-16(10)8-12-6-13(14)3-2-11(12)7-15/h2-3,6,10H,4-5,7-9,15H2,1H3. The van der Waals surface area contributed by atoms with Gasteiger partial charge in [0.25, 0.3) is 0 Å². The van der Waals surface area contributed by atoms with Gasteiger partial charge in [0.15, 0.2) is 0 Å². The minimum atomic E-state index is -0.196. The maximum Gasteiger partial charge on any atom is 0.123 e. The zero-order chi connectivity index (χ0) is 12.3. The zero-order valence-electron chi connectivity index (χ0n) is 10.2. The molecule has 1 saturated heterocycles. The van der Waals surface area contributed by atoms with Crippen LogP contribution in [0.15, 0.2) is 18.2 Å². The summed E-state index contributed by atoms with van der Waals surface area (Å²) < 4.78 is 18.6. The number of ether oxygens (including phenoxy) is 1. The maximum absolute atomic E-state index is 13.3. The summed E-state index contributed by atoms with van der Waals surface area (Å²) in [6.45, 7) is 5.70. The number of nitrogens with zero attached hydrogens (tertiary/aromatic N) is 1. The summed E-state index contributed by atoms with van der Waals surface area (Å²) >= 11 is 0. The average Bonchev–Trinajstić information content (AvgIpc) is 2.32. The van der Waals surface area contributed by atoms with Crippen molar-refractivity contribution in [3.63, 3.8) is 0 Å². The lowest BCUT2D eigenvalue weighted by atomic mass is 10.1. The van der Waals surface area contributed by atoms with Crippen LogP contribution in [0, 0.1) is 5.82 Å². The largest absolute Gasteiger partial charge is 0.379 e. The van der Waals surface area contributed by atoms with E-state index in [0.29, 0.717) is 12.6 Å². The number of benzene rings is 1. The van der Waals surface area contributed by atoms with Gasteiger partial charge in [0.05, 0.1) is 13.2 Å². The highest BCUT2D eigenvalue weighted by Gasteiger charge is 2.19. The van der Waals surface area contributed by atoms with E-state index in [0.717, 1.165) is 37.4 Å². The Morgan fingerprint density at radius 3 is 3.00 bits per heavy atom. The van der Waals surface area contributed by atoms with Gasteiger partial charge in [-0.05, 0) is 30.2 Å². The van der Waals surface area contributed by atoms with Crippen molar-refractivity contribution in [2.75, 3.05) is 19.8 Å². The summed E-state index contributed by atoms with van der Waals surface area (Å²) in [5.74, 6) is -0.196. The molecule has 0 aliphatic carbocycles. The number of halogens is 1. The van der Waals surface area contributed by atoms with Crippen LogP contribution in [-0.2, 0) is 17.8 Å². The fourth-order valence-electron chi connectivity index (χ4n) is 2.16. The summed E-state index contributed by atoms with van der Waals surface area (Å²) in [5.41, 5.74) is 7.68. The molecule has 0 radical (unpaired) electrons. The van der Waals surface area contributed by atoms with E-state index in [1.54, 1.807) is 12.1 Å². The molecule has 2 N–H and O–H groups in total. The molecule has 4 heteroatoms. The summed E-state index contributed by atoms with van der Waals surface area (Å²) in [6.07, 6.45) is 0. The average molecular weight is 238 g/mol. The van der Waals surface area contributed by atoms with Crippen molar-refractivity contribution < 1.29 is 9.13 Å². The third kappa shape index (κ3) is 3.03. The molecule has 0 aromatic heterocycles. The first-order valence-corrected chi connectivity index (χ1v) is 6.00. The van der Waals surface area contributed by atoms with E-state index in [1.165, 1.54) is 6.07 Å². The lowest BCUT2D eigenvalue weighted by Gasteiger charge is -2.33. The topological polar surface area (TPSA) is 38.5 Å². The van der Waals surface area contributed by atoms with Gasteiger partial charge >= 0.3 is 0 Å². The van der Waals surface area contributed by atoms with Crippen LogP contribution in [0.1, 0.15) is 18.1 Å². The summed E-state index contributed by atoms with van der Waals surface area (Å²) in [6, 6.07) is 5.20. The first-order chi connectivity index (χ1) is 8.20. The van der Waals surface area contributed by atoms with Crippen molar-refractivity contribution in [1.29, 1.82) is 0 Å². The van der Waals surface area contributed by atoms with E-state index in [1.807, 2.05) is 0 Å². The third-order valence-corrected chi connectivity index (χ3v) is 3.27. The predicted molar refractivity (Wildman–Crippen MR) is 65.0 cm³/mol. The van der Waals surface area contributed by atoms with Crippen LogP contribution in [0.4, 0.5) is 4.39 Å². The van der Waals surface area contributed by atoms with E-state index in [9.17, 15) is 4.39 Å². The minimum absolute atomic E-state index is 0.196. The van der Waals surface area contributed by atoms with E-state index in [2.05, 4.69) is 11.8 Å². The molecule has 2 rings (SSSR count). The Morgan fingerprint density at radius 2 is 2.29 bits per heavy atom. The Bertz CT molecular complexity index is 384. The highest BCUT2D eigenvalue weighted by molar-refractivity contribution is 5.27. The van der Waals surface area contributed by atoms with Gasteiger partial charge < -0.3 is 10.5 Å². The number of hydrogen-bond acceptors (Lipinski definition) is 3. The quantitative estimate of drug-likeness (QED) is 0.867. The normalized spacial score (nSPS) is 21.7. The number of hydrogen-bond donors (Lipinski definition) is 1. The Labute approximate surface area is 101 Å². The van der Waals surface area contributed by atoms with Crippen LogP contribution in [0.2, 0.25) is 0 Å². The number of rotatable bonds is 3. The fraction of sp³-hybridized carbons (Fsp3) is 0.538. The van der Waals surface area contributed by atoms with Crippen LogP contribution in [0.3, 0.4) is 0 Å². The summed E-state index contributed by atoms with van der Waals surface area (Å²) in [5, 5.41) is 0. The molecule has 0 spiro atoms. The molecule has 1 aliphatic heterocycles. The second-order valence-electron chi connectivity index (χ2n) is 4.51. The van der Waals surface area contributed by atoms with Crippen molar-refractivity contribution in [1.82, 2.24) is 4.90 Å². The van der Waals surface area contributed by atoms with Gasteiger partial charge in [0.1, 0.15) is 5.82 Å². The Kier molecular flexibility index (Phi) is 4.10. The molecule has 0 saturated carbocycles. The van der Waals surface area contributed by atoms with Crippen LogP contribution in [0.5, 0.6) is 0 Å². The molecular weight excluding hydrogens is 219 g/mol. The van der Waals surface area contributed by atoms with E-state index in [-0.39, 0.29) is 5.82 Å². The summed E-state index contributed by atoms with van der Waals surface area (Å²) in [7, 11) is 0. The molecule has 1 fully saturated rings. The van der Waals surface area contributed by atoms with Gasteiger partial charge in [-0.3, -0.25) is 4.90 Å². The summed E-state index contributed by atoms with van der Waals surface area (Å²) in [4.78, 5) is 2.30. The smallest absolute Gasteiger partial charge is 0.123 e. The molecule has 0 amide bonds. The van der Waals surface area contributed by atoms with Gasteiger partial charge in [0.2, 0.25) is 0 Å². The SMILES string of the molecule is CC1COCCN1Cc1cc(F)ccc1CN. The molecule has 3 nitrogen and oxygen atoms in total. The second-order valence-corrected chi connectivity index (χ2v) is 4.51. The minimum Gasteiger partial charge on any atom is -0.379 e. The fourth-order valence-corrected chi connectivity index (χ4v) is 2.16. The molecule has 1 atom stereocenters. The second kappa shape index (κ2) is 5.58. The first kappa shape index (κ1) is 12.5. The molecule has 94 valence electrons. The van der Waals surface area contributed by atoms with Crippen molar-refractivity contribution in [3.8, 4) is 0 Å². The first-order valence-electron chi connectivity index (χ1n) is 6.00. The van der Waals surface area contributed by atoms with Gasteiger partial charge in [-0.2, -0.15) is 0 Å². The Morgan fingerprint density at radius 1 is 1.47 bits per heavy atom. The zero-order valence-corrected chi connectivity index (χ0v) is 10.2. The molecule has 1 aromatic carbocycles. The van der Waals surface area contributed by atoms with Gasteiger partial charge in [-0.1, -0.05) is 6.07 Å². The van der Waals surface area contributed by atoms with Gasteiger partial charge in [-0.15, -0.1) is 0 Å².